The fraction of sp³-hybridized carbons (Fsp3) is 0.538. The summed E-state index contributed by atoms with van der Waals surface area (Å²) in [5.41, 5.74) is 5.77. The van der Waals surface area contributed by atoms with E-state index in [4.69, 9.17) is 5.73 Å². The third kappa shape index (κ3) is 2.61. The fourth-order valence-electron chi connectivity index (χ4n) is 2.38. The van der Waals surface area contributed by atoms with Crippen LogP contribution in [0.25, 0.3) is 0 Å². The minimum absolute atomic E-state index is 0.0784. The minimum atomic E-state index is -0.328. The summed E-state index contributed by atoms with van der Waals surface area (Å²) in [6.07, 6.45) is 3.52. The molecule has 1 amide bonds. The summed E-state index contributed by atoms with van der Waals surface area (Å²) in [4.78, 5) is 28.1. The van der Waals surface area contributed by atoms with Gasteiger partial charge in [0.05, 0.1) is 0 Å². The first-order valence-corrected chi connectivity index (χ1v) is 6.32. The van der Waals surface area contributed by atoms with Gasteiger partial charge in [-0.2, -0.15) is 0 Å². The molecule has 18 heavy (non-hydrogen) atoms. The molecule has 2 atom stereocenters. The van der Waals surface area contributed by atoms with Crippen LogP contribution < -0.4 is 11.3 Å². The average Bonchev–Trinajstić information content (AvgIpc) is 2.38. The predicted molar refractivity (Wildman–Crippen MR) is 69.3 cm³/mol. The Labute approximate surface area is 106 Å². The smallest absolute Gasteiger partial charge is 0.260 e. The Morgan fingerprint density at radius 3 is 3.06 bits per heavy atom. The molecule has 5 nitrogen and oxygen atoms in total. The number of aromatic nitrogens is 1. The molecule has 3 N–H and O–H groups in total. The standard InChI is InChI=1S/C13H19N3O2/c1-9(14)10-4-3-7-16(8-10)13(18)11-5-2-6-15-12(11)17/h2,5-6,9-10H,3-4,7-8,14H2,1H3,(H,15,17). The highest BCUT2D eigenvalue weighted by atomic mass is 16.2. The molecule has 2 unspecified atom stereocenters. The number of carbonyl (C=O) groups excluding carboxylic acids is 1. The average molecular weight is 249 g/mol. The third-order valence-corrected chi connectivity index (χ3v) is 3.54. The van der Waals surface area contributed by atoms with Crippen LogP contribution in [0, 0.1) is 5.92 Å². The maximum absolute atomic E-state index is 12.3. The van der Waals surface area contributed by atoms with Crippen molar-refractivity contribution in [3.05, 3.63) is 34.2 Å². The van der Waals surface area contributed by atoms with Crippen molar-refractivity contribution >= 4 is 5.91 Å². The molecule has 1 saturated heterocycles. The molecule has 0 aliphatic carbocycles. The number of aromatic amines is 1. The Morgan fingerprint density at radius 1 is 1.61 bits per heavy atom. The topological polar surface area (TPSA) is 79.2 Å². The van der Waals surface area contributed by atoms with E-state index in [0.717, 1.165) is 12.8 Å². The van der Waals surface area contributed by atoms with E-state index >= 15 is 0 Å². The zero-order valence-corrected chi connectivity index (χ0v) is 10.6. The van der Waals surface area contributed by atoms with Gasteiger partial charge in [-0.25, -0.2) is 0 Å². The highest BCUT2D eigenvalue weighted by Gasteiger charge is 2.27. The number of hydrogen-bond donors (Lipinski definition) is 2. The zero-order valence-electron chi connectivity index (χ0n) is 10.6. The molecule has 0 saturated carbocycles. The number of piperidine rings is 1. The number of rotatable bonds is 2. The lowest BCUT2D eigenvalue weighted by atomic mass is 9.92. The van der Waals surface area contributed by atoms with Crippen molar-refractivity contribution in [2.24, 2.45) is 11.7 Å². The number of amides is 1. The normalized spacial score (nSPS) is 21.7. The molecule has 1 fully saturated rings. The van der Waals surface area contributed by atoms with E-state index in [1.54, 1.807) is 17.0 Å². The quantitative estimate of drug-likeness (QED) is 0.804. The van der Waals surface area contributed by atoms with Crippen LogP contribution in [-0.4, -0.2) is 34.9 Å². The number of nitrogens with two attached hydrogens (primary N) is 1. The Balaban J connectivity index is 2.14. The van der Waals surface area contributed by atoms with Gasteiger partial charge in [0.15, 0.2) is 0 Å². The third-order valence-electron chi connectivity index (χ3n) is 3.54. The highest BCUT2D eigenvalue weighted by Crippen LogP contribution is 2.19. The summed E-state index contributed by atoms with van der Waals surface area (Å²) in [6.45, 7) is 3.31. The summed E-state index contributed by atoms with van der Waals surface area (Å²) in [5.74, 6) is 0.132. The maximum Gasteiger partial charge on any atom is 0.260 e. The second-order valence-electron chi connectivity index (χ2n) is 4.93. The number of H-pyrrole nitrogens is 1. The largest absolute Gasteiger partial charge is 0.338 e. The number of nitrogens with one attached hydrogen (secondary N) is 1. The zero-order chi connectivity index (χ0) is 13.1. The van der Waals surface area contributed by atoms with Crippen LogP contribution >= 0.6 is 0 Å². The van der Waals surface area contributed by atoms with Gasteiger partial charge in [-0.05, 0) is 37.8 Å². The second kappa shape index (κ2) is 5.35. The number of hydrogen-bond acceptors (Lipinski definition) is 3. The van der Waals surface area contributed by atoms with Crippen molar-refractivity contribution in [1.29, 1.82) is 0 Å². The van der Waals surface area contributed by atoms with Gasteiger partial charge >= 0.3 is 0 Å². The lowest BCUT2D eigenvalue weighted by molar-refractivity contribution is 0.0659. The molecule has 2 heterocycles. The molecule has 2 rings (SSSR count). The van der Waals surface area contributed by atoms with Gasteiger partial charge in [-0.3, -0.25) is 9.59 Å². The van der Waals surface area contributed by atoms with Crippen molar-refractivity contribution in [3.8, 4) is 0 Å². The molecule has 1 aliphatic heterocycles. The monoisotopic (exact) mass is 249 g/mol. The number of pyridine rings is 1. The molecule has 1 aromatic rings. The number of nitrogens with zero attached hydrogens (tertiary/aromatic N) is 1. The molecule has 5 heteroatoms. The molecule has 0 bridgehead atoms. The van der Waals surface area contributed by atoms with E-state index in [1.165, 1.54) is 6.20 Å². The highest BCUT2D eigenvalue weighted by molar-refractivity contribution is 5.93. The van der Waals surface area contributed by atoms with Crippen molar-refractivity contribution in [1.82, 2.24) is 9.88 Å². The first-order valence-electron chi connectivity index (χ1n) is 6.32. The maximum atomic E-state index is 12.3. The van der Waals surface area contributed by atoms with Gasteiger partial charge in [0, 0.05) is 25.3 Å². The van der Waals surface area contributed by atoms with Crippen LogP contribution in [0.5, 0.6) is 0 Å². The second-order valence-corrected chi connectivity index (χ2v) is 4.93. The summed E-state index contributed by atoms with van der Waals surface area (Å²) < 4.78 is 0. The van der Waals surface area contributed by atoms with Crippen molar-refractivity contribution in [3.63, 3.8) is 0 Å². The van der Waals surface area contributed by atoms with Crippen molar-refractivity contribution in [2.75, 3.05) is 13.1 Å². The molecule has 0 radical (unpaired) electrons. The molecular weight excluding hydrogens is 230 g/mol. The SMILES string of the molecule is CC(N)C1CCCN(C(=O)c2ccc[nH]c2=O)C1. The lowest BCUT2D eigenvalue weighted by Gasteiger charge is -2.34. The molecule has 0 aromatic carbocycles. The molecule has 1 aromatic heterocycles. The van der Waals surface area contributed by atoms with Crippen LogP contribution in [0.3, 0.4) is 0 Å². The molecular formula is C13H19N3O2. The Morgan fingerprint density at radius 2 is 2.39 bits per heavy atom. The van der Waals surface area contributed by atoms with E-state index in [1.807, 2.05) is 6.92 Å². The fourth-order valence-corrected chi connectivity index (χ4v) is 2.38. The molecule has 98 valence electrons. The van der Waals surface area contributed by atoms with Crippen LogP contribution in [0.15, 0.2) is 23.1 Å². The first kappa shape index (κ1) is 12.8. The van der Waals surface area contributed by atoms with Gasteiger partial charge in [0.2, 0.25) is 0 Å². The molecule has 1 aliphatic rings. The van der Waals surface area contributed by atoms with Crippen LogP contribution in [0.4, 0.5) is 0 Å². The summed E-state index contributed by atoms with van der Waals surface area (Å²) in [6, 6.07) is 3.31. The first-order chi connectivity index (χ1) is 8.59. The van der Waals surface area contributed by atoms with Crippen LogP contribution in [0.1, 0.15) is 30.1 Å². The summed E-state index contributed by atoms with van der Waals surface area (Å²) >= 11 is 0. The summed E-state index contributed by atoms with van der Waals surface area (Å²) in [5, 5.41) is 0. The van der Waals surface area contributed by atoms with E-state index < -0.39 is 0 Å². The van der Waals surface area contributed by atoms with Crippen molar-refractivity contribution < 1.29 is 4.79 Å². The van der Waals surface area contributed by atoms with Gasteiger partial charge in [-0.15, -0.1) is 0 Å². The summed E-state index contributed by atoms with van der Waals surface area (Å²) in [7, 11) is 0. The van der Waals surface area contributed by atoms with E-state index in [9.17, 15) is 9.59 Å². The minimum Gasteiger partial charge on any atom is -0.338 e. The van der Waals surface area contributed by atoms with Gasteiger partial charge < -0.3 is 15.6 Å². The van der Waals surface area contributed by atoms with E-state index in [0.29, 0.717) is 19.0 Å². The van der Waals surface area contributed by atoms with Crippen LogP contribution in [-0.2, 0) is 0 Å². The number of carbonyl (C=O) groups is 1. The molecule has 0 spiro atoms. The van der Waals surface area contributed by atoms with Crippen LogP contribution in [0.2, 0.25) is 0 Å². The Kier molecular flexibility index (Phi) is 3.81. The van der Waals surface area contributed by atoms with Gasteiger partial charge in [-0.1, -0.05) is 0 Å². The van der Waals surface area contributed by atoms with Gasteiger partial charge in [0.1, 0.15) is 5.56 Å². The van der Waals surface area contributed by atoms with Gasteiger partial charge in [0.25, 0.3) is 11.5 Å². The number of likely N-dealkylation sites (tertiary alicyclic amines) is 1. The van der Waals surface area contributed by atoms with Crippen molar-refractivity contribution in [2.45, 2.75) is 25.8 Å². The van der Waals surface area contributed by atoms with E-state index in [2.05, 4.69) is 4.98 Å². The lowest BCUT2D eigenvalue weighted by Crippen LogP contribution is -2.46. The Hall–Kier alpha value is -1.62. The Bertz CT molecular complexity index is 481. The predicted octanol–water partition coefficient (Wildman–Crippen LogP) is 0.574. The van der Waals surface area contributed by atoms with E-state index in [-0.39, 0.29) is 23.1 Å².